The van der Waals surface area contributed by atoms with Crippen LogP contribution in [0, 0.1) is 0 Å². The summed E-state index contributed by atoms with van der Waals surface area (Å²) >= 11 is 11.6. The molecule has 0 aromatic heterocycles. The van der Waals surface area contributed by atoms with Crippen LogP contribution in [-0.2, 0) is 0 Å². The molecular weight excluding hydrogens is 299 g/mol. The maximum atomic E-state index is 9.28. The summed E-state index contributed by atoms with van der Waals surface area (Å²) in [6, 6.07) is 12.0. The molecule has 3 nitrogen and oxygen atoms in total. The second-order valence-electron chi connectivity index (χ2n) is 4.12. The lowest BCUT2D eigenvalue weighted by molar-refractivity contribution is 0.247. The van der Waals surface area contributed by atoms with Crippen molar-refractivity contribution in [3.8, 4) is 17.2 Å². The van der Waals surface area contributed by atoms with E-state index in [1.54, 1.807) is 24.3 Å². The molecule has 0 spiro atoms. The molecule has 0 aliphatic carbocycles. The molecule has 0 fully saturated rings. The Morgan fingerprint density at radius 2 is 1.45 bits per heavy atom. The van der Waals surface area contributed by atoms with Crippen molar-refractivity contribution in [2.45, 2.75) is 6.42 Å². The van der Waals surface area contributed by atoms with E-state index in [1.165, 1.54) is 6.07 Å². The van der Waals surface area contributed by atoms with Crippen molar-refractivity contribution in [3.05, 3.63) is 52.5 Å². The Balaban J connectivity index is 1.68. The maximum absolute atomic E-state index is 9.28. The maximum Gasteiger partial charge on any atom is 0.134 e. The minimum absolute atomic E-state index is 0.0464. The lowest BCUT2D eigenvalue weighted by atomic mass is 10.3. The predicted molar refractivity (Wildman–Crippen MR) is 80.2 cm³/mol. The summed E-state index contributed by atoms with van der Waals surface area (Å²) < 4.78 is 11.0. The highest BCUT2D eigenvalue weighted by atomic mass is 35.5. The Morgan fingerprint density at radius 3 is 2.10 bits per heavy atom. The molecule has 2 aromatic carbocycles. The fourth-order valence-corrected chi connectivity index (χ4v) is 1.84. The minimum Gasteiger partial charge on any atom is -0.506 e. The number of phenolic OH excluding ortho intramolecular Hbond substituents is 1. The fraction of sp³-hybridized carbons (Fsp3) is 0.200. The molecule has 20 heavy (non-hydrogen) atoms. The van der Waals surface area contributed by atoms with Crippen LogP contribution in [0.2, 0.25) is 10.0 Å². The summed E-state index contributed by atoms with van der Waals surface area (Å²) in [5.74, 6) is 1.45. The van der Waals surface area contributed by atoms with E-state index in [9.17, 15) is 5.11 Å². The van der Waals surface area contributed by atoms with Gasteiger partial charge in [0.15, 0.2) is 0 Å². The molecule has 0 heterocycles. The third-order valence-electron chi connectivity index (χ3n) is 2.56. The first-order chi connectivity index (χ1) is 9.65. The number of aromatic hydroxyl groups is 1. The van der Waals surface area contributed by atoms with Crippen molar-refractivity contribution in [2.75, 3.05) is 13.2 Å². The first-order valence-electron chi connectivity index (χ1n) is 6.15. The molecule has 0 radical (unpaired) electrons. The fourth-order valence-electron chi connectivity index (χ4n) is 1.55. The molecule has 0 unspecified atom stereocenters. The van der Waals surface area contributed by atoms with Crippen LogP contribution in [-0.4, -0.2) is 18.3 Å². The smallest absolute Gasteiger partial charge is 0.134 e. The molecule has 0 amide bonds. The van der Waals surface area contributed by atoms with Gasteiger partial charge in [0.2, 0.25) is 0 Å². The average Bonchev–Trinajstić information content (AvgIpc) is 2.44. The second kappa shape index (κ2) is 7.27. The highest BCUT2D eigenvalue weighted by Gasteiger charge is 2.01. The summed E-state index contributed by atoms with van der Waals surface area (Å²) in [5.41, 5.74) is 0. The van der Waals surface area contributed by atoms with Gasteiger partial charge in [-0.05, 0) is 36.4 Å². The first kappa shape index (κ1) is 14.8. The summed E-state index contributed by atoms with van der Waals surface area (Å²) in [6.07, 6.45) is 0.737. The van der Waals surface area contributed by atoms with Gasteiger partial charge in [0.25, 0.3) is 0 Å². The van der Waals surface area contributed by atoms with Gasteiger partial charge < -0.3 is 14.6 Å². The van der Waals surface area contributed by atoms with Crippen LogP contribution < -0.4 is 9.47 Å². The predicted octanol–water partition coefficient (Wildman–Crippen LogP) is 4.55. The molecule has 2 rings (SSSR count). The van der Waals surface area contributed by atoms with Gasteiger partial charge in [-0.25, -0.2) is 0 Å². The van der Waals surface area contributed by atoms with Crippen LogP contribution in [0.4, 0.5) is 0 Å². The zero-order valence-corrected chi connectivity index (χ0v) is 12.2. The van der Waals surface area contributed by atoms with Gasteiger partial charge in [0.05, 0.1) is 18.2 Å². The molecule has 0 aliphatic rings. The monoisotopic (exact) mass is 312 g/mol. The Kier molecular flexibility index (Phi) is 5.39. The number of phenols is 1. The lowest BCUT2D eigenvalue weighted by Crippen LogP contribution is -2.04. The third-order valence-corrected chi connectivity index (χ3v) is 3.11. The third kappa shape index (κ3) is 4.51. The van der Waals surface area contributed by atoms with Crippen LogP contribution in [0.15, 0.2) is 42.5 Å². The van der Waals surface area contributed by atoms with Crippen molar-refractivity contribution in [1.82, 2.24) is 0 Å². The molecule has 5 heteroatoms. The number of hydrogen-bond donors (Lipinski definition) is 1. The van der Waals surface area contributed by atoms with Crippen molar-refractivity contribution >= 4 is 23.2 Å². The number of rotatable bonds is 6. The SMILES string of the molecule is Oc1ccc(OCCCOc2ccc(Cl)cc2)cc1Cl. The van der Waals surface area contributed by atoms with Crippen molar-refractivity contribution in [1.29, 1.82) is 0 Å². The summed E-state index contributed by atoms with van der Waals surface area (Å²) in [4.78, 5) is 0. The molecule has 0 bridgehead atoms. The van der Waals surface area contributed by atoms with Gasteiger partial charge in [0.1, 0.15) is 17.2 Å². The van der Waals surface area contributed by atoms with Crippen LogP contribution in [0.1, 0.15) is 6.42 Å². The highest BCUT2D eigenvalue weighted by Crippen LogP contribution is 2.27. The van der Waals surface area contributed by atoms with Gasteiger partial charge in [-0.15, -0.1) is 0 Å². The summed E-state index contributed by atoms with van der Waals surface area (Å²) in [7, 11) is 0. The van der Waals surface area contributed by atoms with Gasteiger partial charge in [-0.1, -0.05) is 23.2 Å². The number of benzene rings is 2. The molecule has 106 valence electrons. The van der Waals surface area contributed by atoms with E-state index in [-0.39, 0.29) is 10.8 Å². The average molecular weight is 313 g/mol. The Morgan fingerprint density at radius 1 is 0.850 bits per heavy atom. The Hall–Kier alpha value is -1.58. The van der Waals surface area contributed by atoms with Crippen molar-refractivity contribution < 1.29 is 14.6 Å². The lowest BCUT2D eigenvalue weighted by Gasteiger charge is -2.08. The van der Waals surface area contributed by atoms with Crippen LogP contribution in [0.3, 0.4) is 0 Å². The van der Waals surface area contributed by atoms with Crippen molar-refractivity contribution in [2.24, 2.45) is 0 Å². The molecular formula is C15H14Cl2O3. The van der Waals surface area contributed by atoms with E-state index in [4.69, 9.17) is 32.7 Å². The van der Waals surface area contributed by atoms with E-state index in [0.717, 1.165) is 12.2 Å². The molecule has 0 saturated carbocycles. The quantitative estimate of drug-likeness (QED) is 0.795. The highest BCUT2D eigenvalue weighted by molar-refractivity contribution is 6.32. The van der Waals surface area contributed by atoms with Gasteiger partial charge in [0, 0.05) is 17.5 Å². The van der Waals surface area contributed by atoms with Crippen LogP contribution in [0.25, 0.3) is 0 Å². The van der Waals surface area contributed by atoms with Gasteiger partial charge in [-0.3, -0.25) is 0 Å². The largest absolute Gasteiger partial charge is 0.506 e. The molecule has 1 N–H and O–H groups in total. The van der Waals surface area contributed by atoms with E-state index in [1.807, 2.05) is 12.1 Å². The van der Waals surface area contributed by atoms with Crippen LogP contribution in [0.5, 0.6) is 17.2 Å². The van der Waals surface area contributed by atoms with E-state index in [2.05, 4.69) is 0 Å². The number of halogens is 2. The first-order valence-corrected chi connectivity index (χ1v) is 6.90. The molecule has 0 atom stereocenters. The Bertz CT molecular complexity index is 556. The molecule has 0 aliphatic heterocycles. The van der Waals surface area contributed by atoms with Crippen molar-refractivity contribution in [3.63, 3.8) is 0 Å². The second-order valence-corrected chi connectivity index (χ2v) is 4.96. The zero-order chi connectivity index (χ0) is 14.4. The Labute approximate surface area is 127 Å². The van der Waals surface area contributed by atoms with E-state index in [0.29, 0.717) is 24.0 Å². The van der Waals surface area contributed by atoms with Crippen LogP contribution >= 0.6 is 23.2 Å². The van der Waals surface area contributed by atoms with E-state index >= 15 is 0 Å². The number of ether oxygens (including phenoxy) is 2. The van der Waals surface area contributed by atoms with E-state index < -0.39 is 0 Å². The summed E-state index contributed by atoms with van der Waals surface area (Å²) in [5, 5.41) is 10.2. The molecule has 2 aromatic rings. The normalized spacial score (nSPS) is 10.3. The van der Waals surface area contributed by atoms with Gasteiger partial charge in [-0.2, -0.15) is 0 Å². The number of hydrogen-bond acceptors (Lipinski definition) is 3. The summed E-state index contributed by atoms with van der Waals surface area (Å²) in [6.45, 7) is 1.06. The zero-order valence-electron chi connectivity index (χ0n) is 10.7. The van der Waals surface area contributed by atoms with Gasteiger partial charge >= 0.3 is 0 Å². The topological polar surface area (TPSA) is 38.7 Å². The standard InChI is InChI=1S/C15H14Cl2O3/c16-11-2-4-12(5-3-11)19-8-1-9-20-13-6-7-15(18)14(17)10-13/h2-7,10,18H,1,8-9H2. The molecule has 0 saturated heterocycles. The minimum atomic E-state index is 0.0464.